The van der Waals surface area contributed by atoms with E-state index in [1.165, 1.54) is 11.8 Å². The summed E-state index contributed by atoms with van der Waals surface area (Å²) in [6.07, 6.45) is 3.33. The number of pyridine rings is 1. The highest BCUT2D eigenvalue weighted by Gasteiger charge is 2.22. The van der Waals surface area contributed by atoms with Gasteiger partial charge in [-0.05, 0) is 78.6 Å². The molecule has 0 spiro atoms. The molecule has 0 saturated heterocycles. The van der Waals surface area contributed by atoms with E-state index in [4.69, 9.17) is 9.72 Å². The number of nitrogens with zero attached hydrogens (tertiary/aromatic N) is 2. The van der Waals surface area contributed by atoms with Gasteiger partial charge in [-0.25, -0.2) is 4.98 Å². The number of rotatable bonds is 10. The van der Waals surface area contributed by atoms with Crippen LogP contribution in [-0.2, 0) is 4.79 Å². The molecule has 1 amide bonds. The smallest absolute Gasteiger partial charge is 0.237 e. The lowest BCUT2D eigenvalue weighted by molar-refractivity contribution is -0.115. The lowest BCUT2D eigenvalue weighted by Gasteiger charge is -2.16. The first-order valence-electron chi connectivity index (χ1n) is 13.4. The minimum atomic E-state index is -0.571. The summed E-state index contributed by atoms with van der Waals surface area (Å²) in [5, 5.41) is 15.0. The number of carbonyl (C=O) groups excluding carboxylic acids is 2. The lowest BCUT2D eigenvalue weighted by Crippen LogP contribution is -2.22. The van der Waals surface area contributed by atoms with Gasteiger partial charge in [-0.3, -0.25) is 9.59 Å². The van der Waals surface area contributed by atoms with Crippen LogP contribution in [0.3, 0.4) is 0 Å². The molecule has 2 aromatic heterocycles. The Balaban J connectivity index is 1.37. The quantitative estimate of drug-likeness (QED) is 0.0982. The summed E-state index contributed by atoms with van der Waals surface area (Å²) in [5.41, 5.74) is 4.60. The molecule has 0 aliphatic heterocycles. The van der Waals surface area contributed by atoms with E-state index in [0.717, 1.165) is 16.0 Å². The first-order chi connectivity index (χ1) is 20.9. The number of amides is 1. The molecule has 0 radical (unpaired) electrons. The SMILES string of the molecule is COc1cccc(-c2cc(-c3ccccc3)nc(SC(C)C(=O)Nc3ccc(C(=O)C=Cc4cccs4)cc3)c2C#N)c1. The minimum absolute atomic E-state index is 0.115. The van der Waals surface area contributed by atoms with Crippen LogP contribution in [0.2, 0.25) is 0 Å². The first-order valence-corrected chi connectivity index (χ1v) is 15.2. The van der Waals surface area contributed by atoms with Crippen molar-refractivity contribution >= 4 is 46.6 Å². The molecule has 0 fully saturated rings. The number of thiophene rings is 1. The monoisotopic (exact) mass is 601 g/mol. The topological polar surface area (TPSA) is 92.1 Å². The van der Waals surface area contributed by atoms with E-state index in [1.54, 1.807) is 61.8 Å². The van der Waals surface area contributed by atoms with Crippen LogP contribution in [-0.4, -0.2) is 29.0 Å². The number of allylic oxidation sites excluding steroid dienone is 1. The van der Waals surface area contributed by atoms with Gasteiger partial charge in [-0.15, -0.1) is 11.3 Å². The molecule has 8 heteroatoms. The lowest BCUT2D eigenvalue weighted by atomic mass is 9.99. The van der Waals surface area contributed by atoms with E-state index in [0.29, 0.717) is 38.8 Å². The van der Waals surface area contributed by atoms with Crippen LogP contribution in [0.25, 0.3) is 28.5 Å². The average molecular weight is 602 g/mol. The second-order valence-electron chi connectivity index (χ2n) is 9.48. The van der Waals surface area contributed by atoms with Gasteiger partial charge in [0.25, 0.3) is 0 Å². The van der Waals surface area contributed by atoms with Crippen LogP contribution in [0.5, 0.6) is 5.75 Å². The Morgan fingerprint density at radius 3 is 2.44 bits per heavy atom. The minimum Gasteiger partial charge on any atom is -0.497 e. The van der Waals surface area contributed by atoms with Gasteiger partial charge in [0, 0.05) is 27.3 Å². The molecule has 5 rings (SSSR count). The second-order valence-corrected chi connectivity index (χ2v) is 11.8. The molecule has 5 aromatic rings. The fourth-order valence-electron chi connectivity index (χ4n) is 4.31. The zero-order valence-electron chi connectivity index (χ0n) is 23.5. The van der Waals surface area contributed by atoms with Crippen LogP contribution < -0.4 is 10.1 Å². The standard InChI is InChI=1S/C35H27N3O3S2/c1-23(34(40)37-27-15-13-25(14-16-27)33(39)18-17-29-12-7-19-42-29)43-35-31(22-36)30(26-10-6-11-28(20-26)41-2)21-32(38-35)24-8-4-3-5-9-24/h3-21,23H,1-2H3,(H,37,40). The number of ketones is 1. The third-order valence-electron chi connectivity index (χ3n) is 6.59. The number of nitrogens with one attached hydrogen (secondary N) is 1. The Hall–Kier alpha value is -4.97. The zero-order valence-corrected chi connectivity index (χ0v) is 25.1. The zero-order chi connectivity index (χ0) is 30.2. The fraction of sp³-hybridized carbons (Fsp3) is 0.0857. The summed E-state index contributed by atoms with van der Waals surface area (Å²) in [6.45, 7) is 1.77. The van der Waals surface area contributed by atoms with Gasteiger partial charge in [0.2, 0.25) is 5.91 Å². The van der Waals surface area contributed by atoms with Gasteiger partial charge in [0.1, 0.15) is 16.8 Å². The largest absolute Gasteiger partial charge is 0.497 e. The van der Waals surface area contributed by atoms with Crippen molar-refractivity contribution in [3.8, 4) is 34.2 Å². The third-order valence-corrected chi connectivity index (χ3v) is 8.51. The molecule has 1 unspecified atom stereocenters. The molecule has 1 N–H and O–H groups in total. The van der Waals surface area contributed by atoms with Crippen LogP contribution in [0.1, 0.15) is 27.7 Å². The van der Waals surface area contributed by atoms with Crippen LogP contribution in [0.15, 0.2) is 114 Å². The molecule has 6 nitrogen and oxygen atoms in total. The molecule has 1 atom stereocenters. The average Bonchev–Trinajstić information content (AvgIpc) is 3.58. The molecule has 0 aliphatic carbocycles. The van der Waals surface area contributed by atoms with Crippen molar-refractivity contribution in [1.29, 1.82) is 5.26 Å². The number of nitriles is 1. The van der Waals surface area contributed by atoms with Crippen molar-refractivity contribution in [2.75, 3.05) is 12.4 Å². The van der Waals surface area contributed by atoms with E-state index in [-0.39, 0.29) is 11.7 Å². The van der Waals surface area contributed by atoms with Crippen molar-refractivity contribution < 1.29 is 14.3 Å². The van der Waals surface area contributed by atoms with E-state index < -0.39 is 5.25 Å². The number of hydrogen-bond acceptors (Lipinski definition) is 7. The normalized spacial score (nSPS) is 11.6. The number of anilines is 1. The Morgan fingerprint density at radius 2 is 1.74 bits per heavy atom. The summed E-state index contributed by atoms with van der Waals surface area (Å²) in [7, 11) is 1.60. The molecule has 3 aromatic carbocycles. The van der Waals surface area contributed by atoms with Gasteiger partial charge in [-0.2, -0.15) is 5.26 Å². The highest BCUT2D eigenvalue weighted by atomic mass is 32.2. The van der Waals surface area contributed by atoms with Crippen LogP contribution in [0.4, 0.5) is 5.69 Å². The predicted molar refractivity (Wildman–Crippen MR) is 174 cm³/mol. The van der Waals surface area contributed by atoms with Crippen molar-refractivity contribution in [1.82, 2.24) is 4.98 Å². The molecular formula is C35H27N3O3S2. The summed E-state index contributed by atoms with van der Waals surface area (Å²) < 4.78 is 5.42. The summed E-state index contributed by atoms with van der Waals surface area (Å²) >= 11 is 2.78. The van der Waals surface area contributed by atoms with Gasteiger partial charge < -0.3 is 10.1 Å². The van der Waals surface area contributed by atoms with Gasteiger partial charge in [-0.1, -0.05) is 60.3 Å². The van der Waals surface area contributed by atoms with E-state index in [2.05, 4.69) is 11.4 Å². The molecule has 43 heavy (non-hydrogen) atoms. The highest BCUT2D eigenvalue weighted by molar-refractivity contribution is 8.00. The van der Waals surface area contributed by atoms with E-state index >= 15 is 0 Å². The Labute approximate surface area is 258 Å². The Bertz CT molecular complexity index is 1810. The number of benzene rings is 3. The number of carbonyl (C=O) groups is 2. The van der Waals surface area contributed by atoms with Gasteiger partial charge in [0.05, 0.1) is 23.6 Å². The number of aromatic nitrogens is 1. The van der Waals surface area contributed by atoms with E-state index in [9.17, 15) is 14.9 Å². The third kappa shape index (κ3) is 7.28. The molecule has 0 bridgehead atoms. The Morgan fingerprint density at radius 1 is 0.977 bits per heavy atom. The van der Waals surface area contributed by atoms with E-state index in [1.807, 2.05) is 78.2 Å². The molecule has 212 valence electrons. The molecular weight excluding hydrogens is 575 g/mol. The van der Waals surface area contributed by atoms with Crippen molar-refractivity contribution in [3.63, 3.8) is 0 Å². The first kappa shape index (κ1) is 29.5. The van der Waals surface area contributed by atoms with Crippen LogP contribution >= 0.6 is 23.1 Å². The summed E-state index contributed by atoms with van der Waals surface area (Å²) in [5.74, 6) is 0.309. The number of methoxy groups -OCH3 is 1. The predicted octanol–water partition coefficient (Wildman–Crippen LogP) is 8.37. The van der Waals surface area contributed by atoms with Crippen molar-refractivity contribution in [2.24, 2.45) is 0 Å². The maximum Gasteiger partial charge on any atom is 0.237 e. The fourth-order valence-corrected chi connectivity index (χ4v) is 5.86. The van der Waals surface area contributed by atoms with Gasteiger partial charge in [0.15, 0.2) is 5.78 Å². The Kier molecular flexibility index (Phi) is 9.47. The van der Waals surface area contributed by atoms with Gasteiger partial charge >= 0.3 is 0 Å². The highest BCUT2D eigenvalue weighted by Crippen LogP contribution is 2.37. The number of hydrogen-bond donors (Lipinski definition) is 1. The maximum atomic E-state index is 13.2. The van der Waals surface area contributed by atoms with Crippen molar-refractivity contribution in [3.05, 3.63) is 125 Å². The molecule has 0 aliphatic rings. The molecule has 2 heterocycles. The second kappa shape index (κ2) is 13.8. The summed E-state index contributed by atoms with van der Waals surface area (Å²) in [6, 6.07) is 32.1. The molecule has 0 saturated carbocycles. The summed E-state index contributed by atoms with van der Waals surface area (Å²) in [4.78, 5) is 31.6. The number of thioether (sulfide) groups is 1. The van der Waals surface area contributed by atoms with Crippen molar-refractivity contribution in [2.45, 2.75) is 17.2 Å². The maximum absolute atomic E-state index is 13.2. The van der Waals surface area contributed by atoms with Crippen LogP contribution in [0, 0.1) is 11.3 Å². The number of ether oxygens (including phenoxy) is 1.